The number of nitrogens with zero attached hydrogens (tertiary/aromatic N) is 7. The Bertz CT molecular complexity index is 1990. The van der Waals surface area contributed by atoms with Gasteiger partial charge >= 0.3 is 12.7 Å². The molecule has 2 N–H and O–H groups in total. The number of rotatable bonds is 4. The van der Waals surface area contributed by atoms with E-state index in [0.717, 1.165) is 23.0 Å². The maximum Gasteiger partial charge on any atom is 0.418 e. The molecule has 0 aliphatic carbocycles. The summed E-state index contributed by atoms with van der Waals surface area (Å²) in [7, 11) is 0. The van der Waals surface area contributed by atoms with Gasteiger partial charge in [-0.05, 0) is 43.2 Å². The number of hydrogen-bond acceptors (Lipinski definition) is 7. The quantitative estimate of drug-likeness (QED) is 0.191. The first kappa shape index (κ1) is 32.6. The largest absolute Gasteiger partial charge is 0.418 e. The zero-order chi connectivity index (χ0) is 33.6. The monoisotopic (exact) mass is 694 g/mol. The minimum Gasteiger partial charge on any atom is -0.374 e. The Labute approximate surface area is 273 Å². The van der Waals surface area contributed by atoms with Gasteiger partial charge in [0.05, 0.1) is 46.8 Å². The molecule has 3 atom stereocenters. The first-order valence-corrected chi connectivity index (χ1v) is 15.1. The molecule has 47 heavy (non-hydrogen) atoms. The average molecular weight is 695 g/mol. The molecule has 1 aromatic carbocycles. The highest BCUT2D eigenvalue weighted by molar-refractivity contribution is 6.31. The van der Waals surface area contributed by atoms with Crippen molar-refractivity contribution >= 4 is 28.9 Å². The van der Waals surface area contributed by atoms with Crippen molar-refractivity contribution in [1.29, 1.82) is 0 Å². The second-order valence-electron chi connectivity index (χ2n) is 11.1. The van der Waals surface area contributed by atoms with Crippen LogP contribution in [0.3, 0.4) is 0 Å². The molecule has 1 aliphatic rings. The fourth-order valence-electron chi connectivity index (χ4n) is 5.73. The van der Waals surface area contributed by atoms with Crippen molar-refractivity contribution in [2.24, 2.45) is 5.92 Å². The molecule has 1 aliphatic heterocycles. The van der Waals surface area contributed by atoms with Crippen LogP contribution in [0.5, 0.6) is 0 Å². The summed E-state index contributed by atoms with van der Waals surface area (Å²) in [6.45, 7) is -1.30. The number of aliphatic hydroxyl groups is 1. The Morgan fingerprint density at radius 3 is 2.55 bits per heavy atom. The first-order chi connectivity index (χ1) is 22.3. The molecule has 0 spiro atoms. The molecule has 5 heterocycles. The molecule has 1 unspecified atom stereocenters. The molecule has 0 amide bonds. The fraction of sp³-hybridized carbons (Fsp3) is 0.300. The number of fused-ring (bicyclic) bond motifs is 4. The van der Waals surface area contributed by atoms with Gasteiger partial charge in [0.1, 0.15) is 6.23 Å². The smallest absolute Gasteiger partial charge is 0.374 e. The molecule has 246 valence electrons. The Balaban J connectivity index is 1.55. The topological polar surface area (TPSA) is 116 Å². The van der Waals surface area contributed by atoms with Crippen LogP contribution < -0.4 is 10.9 Å². The average Bonchev–Trinajstić information content (AvgIpc) is 3.64. The minimum atomic E-state index is -4.94. The molecule has 4 aromatic heterocycles. The van der Waals surface area contributed by atoms with Gasteiger partial charge in [-0.25, -0.2) is 9.36 Å². The fourth-order valence-corrected chi connectivity index (χ4v) is 6.03. The van der Waals surface area contributed by atoms with E-state index in [1.165, 1.54) is 47.4 Å². The number of aromatic nitrogens is 7. The summed E-state index contributed by atoms with van der Waals surface area (Å²) < 4.78 is 75.1. The van der Waals surface area contributed by atoms with Gasteiger partial charge in [0.15, 0.2) is 5.15 Å². The van der Waals surface area contributed by atoms with Crippen molar-refractivity contribution < 1.29 is 27.1 Å². The van der Waals surface area contributed by atoms with E-state index in [2.05, 4.69) is 25.7 Å². The van der Waals surface area contributed by atoms with Crippen molar-refractivity contribution in [3.05, 3.63) is 93.0 Å². The molecule has 0 fully saturated rings. The van der Waals surface area contributed by atoms with Crippen molar-refractivity contribution in [2.45, 2.75) is 51.2 Å². The van der Waals surface area contributed by atoms with E-state index in [1.807, 2.05) is 0 Å². The maximum atomic E-state index is 14.8. The van der Waals surface area contributed by atoms with Crippen LogP contribution in [0.25, 0.3) is 28.1 Å². The van der Waals surface area contributed by atoms with Gasteiger partial charge < -0.3 is 15.0 Å². The predicted octanol–water partition coefficient (Wildman–Crippen LogP) is 7.21. The predicted molar refractivity (Wildman–Crippen MR) is 164 cm³/mol. The van der Waals surface area contributed by atoms with E-state index >= 15 is 0 Å². The molecule has 2 bridgehead atoms. The van der Waals surface area contributed by atoms with Crippen LogP contribution in [0.4, 0.5) is 27.6 Å². The Morgan fingerprint density at radius 1 is 1.06 bits per heavy atom. The van der Waals surface area contributed by atoms with E-state index in [1.54, 1.807) is 6.92 Å². The Kier molecular flexibility index (Phi) is 8.80. The van der Waals surface area contributed by atoms with Gasteiger partial charge in [0.2, 0.25) is 0 Å². The Morgan fingerprint density at radius 2 is 1.85 bits per heavy atom. The maximum absolute atomic E-state index is 14.8. The highest BCUT2D eigenvalue weighted by Gasteiger charge is 2.37. The van der Waals surface area contributed by atoms with Crippen molar-refractivity contribution in [3.8, 4) is 28.1 Å². The molecule has 0 saturated heterocycles. The lowest BCUT2D eigenvalue weighted by Crippen LogP contribution is -2.29. The van der Waals surface area contributed by atoms with Gasteiger partial charge in [-0.3, -0.25) is 9.78 Å². The number of pyridine rings is 2. The summed E-state index contributed by atoms with van der Waals surface area (Å²) in [5.41, 5.74) is -1.83. The molecule has 5 aromatic rings. The van der Waals surface area contributed by atoms with Crippen LogP contribution in [-0.4, -0.2) is 45.7 Å². The summed E-state index contributed by atoms with van der Waals surface area (Å²) in [5, 5.41) is 25.1. The van der Waals surface area contributed by atoms with Gasteiger partial charge in [0, 0.05) is 46.1 Å². The van der Waals surface area contributed by atoms with Crippen molar-refractivity contribution in [1.82, 2.24) is 34.3 Å². The number of anilines is 1. The first-order valence-electron chi connectivity index (χ1n) is 14.3. The van der Waals surface area contributed by atoms with Crippen LogP contribution in [-0.2, 0) is 6.18 Å². The third-order valence-corrected chi connectivity index (χ3v) is 8.45. The van der Waals surface area contributed by atoms with E-state index in [9.17, 15) is 31.9 Å². The zero-order valence-electron chi connectivity index (χ0n) is 24.3. The summed E-state index contributed by atoms with van der Waals surface area (Å²) in [6, 6.07) is 6.87. The van der Waals surface area contributed by atoms with E-state index in [4.69, 9.17) is 23.2 Å². The molecular formula is C30H25Cl2F5N8O2. The highest BCUT2D eigenvalue weighted by Crippen LogP contribution is 2.41. The lowest BCUT2D eigenvalue weighted by Gasteiger charge is -2.26. The van der Waals surface area contributed by atoms with Crippen LogP contribution >= 0.6 is 23.2 Å². The third kappa shape index (κ3) is 6.47. The summed E-state index contributed by atoms with van der Waals surface area (Å²) in [4.78, 5) is 18.2. The second kappa shape index (κ2) is 12.7. The number of halogens is 7. The molecule has 0 radical (unpaired) electrons. The van der Waals surface area contributed by atoms with Crippen LogP contribution in [0.15, 0.2) is 66.0 Å². The number of benzene rings is 1. The zero-order valence-corrected chi connectivity index (χ0v) is 25.8. The SMILES string of the molecule is C[C@@H]1CCC[C@H](n2cc(C(F)(F)F)c(-c3cc(Cl)ccc3-n3cc(Cl)nn3)cc2=O)c2cc(ccn2)-c2c(cnn2C(F)F)NC1O. The van der Waals surface area contributed by atoms with Gasteiger partial charge in [-0.2, -0.15) is 27.1 Å². The minimum absolute atomic E-state index is 0.00376. The second-order valence-corrected chi connectivity index (χ2v) is 11.9. The number of hydrogen-bond donors (Lipinski definition) is 2. The molecule has 6 rings (SSSR count). The number of aliphatic hydroxyl groups excluding tert-OH is 1. The normalized spacial score (nSPS) is 18.7. The van der Waals surface area contributed by atoms with E-state index < -0.39 is 47.6 Å². The summed E-state index contributed by atoms with van der Waals surface area (Å²) >= 11 is 12.1. The molecule has 17 heteroatoms. The summed E-state index contributed by atoms with van der Waals surface area (Å²) in [5.74, 6) is -0.402. The van der Waals surface area contributed by atoms with E-state index in [0.29, 0.717) is 17.5 Å². The van der Waals surface area contributed by atoms with Crippen molar-refractivity contribution in [2.75, 3.05) is 5.32 Å². The molecule has 10 nitrogen and oxygen atoms in total. The van der Waals surface area contributed by atoms with Crippen molar-refractivity contribution in [3.63, 3.8) is 0 Å². The highest BCUT2D eigenvalue weighted by atomic mass is 35.5. The number of alkyl halides is 5. The lowest BCUT2D eigenvalue weighted by atomic mass is 9.95. The van der Waals surface area contributed by atoms with E-state index in [-0.39, 0.29) is 50.5 Å². The standard InChI is InChI=1S/C30H25Cl2F5N8O2/c1-15-3-2-4-24(21-9-16(7-8-38-21)27-22(40-28(15)47)12-39-45(27)29(33)34)43-13-20(30(35,36)37)18(11-26(43)46)19-10-17(31)5-6-23(19)44-14-25(32)41-42-44/h5-15,24,28-29,40,47H,2-4H2,1H3/t15-,24+,28?/m1/s1. The molecular weight excluding hydrogens is 670 g/mol. The lowest BCUT2D eigenvalue weighted by molar-refractivity contribution is -0.137. The van der Waals surface area contributed by atoms with Gasteiger partial charge in [-0.1, -0.05) is 41.8 Å². The van der Waals surface area contributed by atoms with Gasteiger partial charge in [0.25, 0.3) is 5.56 Å². The number of nitrogens with one attached hydrogen (secondary N) is 1. The van der Waals surface area contributed by atoms with Crippen LogP contribution in [0.1, 0.15) is 50.0 Å². The van der Waals surface area contributed by atoms with Gasteiger partial charge in [-0.15, -0.1) is 5.10 Å². The third-order valence-electron chi connectivity index (χ3n) is 8.04. The van der Waals surface area contributed by atoms with Crippen LogP contribution in [0.2, 0.25) is 10.2 Å². The Hall–Kier alpha value is -4.34. The van der Waals surface area contributed by atoms with Crippen LogP contribution in [0, 0.1) is 5.92 Å². The molecule has 0 saturated carbocycles. The summed E-state index contributed by atoms with van der Waals surface area (Å²) in [6.07, 6.45) is -0.666.